The molecule has 80 heavy (non-hydrogen) atoms. The average molecular weight is 1110 g/mol. The number of ether oxygens (including phenoxy) is 3. The van der Waals surface area contributed by atoms with Crippen molar-refractivity contribution in [3.8, 4) is 0 Å². The highest BCUT2D eigenvalue weighted by Crippen LogP contribution is 2.15. The monoisotopic (exact) mass is 1100 g/mol. The van der Waals surface area contributed by atoms with Crippen LogP contribution in [0.1, 0.15) is 284 Å². The molecule has 0 saturated carbocycles. The molecule has 0 radical (unpaired) electrons. The Morgan fingerprint density at radius 3 is 0.775 bits per heavy atom. The molecule has 0 aliphatic carbocycles. The van der Waals surface area contributed by atoms with Gasteiger partial charge in [-0.05, 0) is 135 Å². The van der Waals surface area contributed by atoms with Crippen LogP contribution in [0.15, 0.2) is 146 Å². The minimum Gasteiger partial charge on any atom is -0.462 e. The van der Waals surface area contributed by atoms with E-state index in [0.29, 0.717) is 19.3 Å². The molecule has 0 heterocycles. The maximum Gasteiger partial charge on any atom is 0.306 e. The van der Waals surface area contributed by atoms with Crippen LogP contribution in [0.4, 0.5) is 0 Å². The summed E-state index contributed by atoms with van der Waals surface area (Å²) in [6.07, 6.45) is 95.8. The van der Waals surface area contributed by atoms with E-state index in [0.717, 1.165) is 161 Å². The number of carbonyl (C=O) groups excluding carboxylic acids is 3. The van der Waals surface area contributed by atoms with E-state index in [1.165, 1.54) is 83.5 Å². The van der Waals surface area contributed by atoms with E-state index in [-0.39, 0.29) is 31.1 Å². The third-order valence-corrected chi connectivity index (χ3v) is 13.5. The summed E-state index contributed by atoms with van der Waals surface area (Å²) in [6, 6.07) is 0. The van der Waals surface area contributed by atoms with Crippen molar-refractivity contribution in [1.29, 1.82) is 0 Å². The van der Waals surface area contributed by atoms with Gasteiger partial charge in [0.2, 0.25) is 0 Å². The van der Waals surface area contributed by atoms with Crippen molar-refractivity contribution >= 4 is 17.9 Å². The number of unbranched alkanes of at least 4 members (excludes halogenated alkanes) is 23. The van der Waals surface area contributed by atoms with E-state index in [2.05, 4.69) is 167 Å². The van der Waals surface area contributed by atoms with Crippen molar-refractivity contribution in [2.45, 2.75) is 290 Å². The Balaban J connectivity index is 4.23. The summed E-state index contributed by atoms with van der Waals surface area (Å²) >= 11 is 0. The van der Waals surface area contributed by atoms with Gasteiger partial charge in [0.15, 0.2) is 6.10 Å². The maximum absolute atomic E-state index is 12.9. The molecular formula is C74H120O6. The zero-order valence-electron chi connectivity index (χ0n) is 51.8. The van der Waals surface area contributed by atoms with Gasteiger partial charge < -0.3 is 14.2 Å². The fraction of sp³-hybridized carbons (Fsp3) is 0.635. The Labute approximate surface area is 493 Å². The zero-order chi connectivity index (χ0) is 57.8. The van der Waals surface area contributed by atoms with Gasteiger partial charge in [-0.2, -0.15) is 0 Å². The molecule has 6 heteroatoms. The van der Waals surface area contributed by atoms with Crippen molar-refractivity contribution in [1.82, 2.24) is 0 Å². The van der Waals surface area contributed by atoms with Gasteiger partial charge in [-0.3, -0.25) is 14.4 Å². The lowest BCUT2D eigenvalue weighted by molar-refractivity contribution is -0.167. The fourth-order valence-electron chi connectivity index (χ4n) is 8.71. The molecule has 0 N–H and O–H groups in total. The quantitative estimate of drug-likeness (QED) is 0.0261. The van der Waals surface area contributed by atoms with Crippen molar-refractivity contribution in [3.63, 3.8) is 0 Å². The molecule has 0 saturated heterocycles. The second kappa shape index (κ2) is 66.8. The Hall–Kier alpha value is -4.71. The summed E-state index contributed by atoms with van der Waals surface area (Å²) in [5.74, 6) is -0.919. The maximum atomic E-state index is 12.9. The largest absolute Gasteiger partial charge is 0.462 e. The number of rotatable bonds is 58. The minimum absolute atomic E-state index is 0.0917. The van der Waals surface area contributed by atoms with Crippen LogP contribution in [0, 0.1) is 0 Å². The molecule has 452 valence electrons. The first-order chi connectivity index (χ1) is 39.5. The lowest BCUT2D eigenvalue weighted by Crippen LogP contribution is -2.30. The predicted molar refractivity (Wildman–Crippen MR) is 348 cm³/mol. The standard InChI is InChI=1S/C74H120O6/c1-4-7-10-13-16-19-22-24-26-28-30-31-32-33-34-35-36-37-38-39-40-41-42-43-45-46-48-50-52-55-58-61-64-67-73(76)79-70-71(69-78-72(75)66-63-60-57-54-21-18-15-12-9-6-3)80-74(77)68-65-62-59-56-53-51-49-47-44-29-27-25-23-20-17-14-11-8-5-2/h7-8,10-12,15-17,19-20,24-27,30-31,33-34,36-37,39-40,44,47,71H,4-6,9,13-14,18,21-23,28-29,32,35,38,41-43,45-46,48-70H2,1-3H3/b10-7-,11-8-,15-12-,19-16-,20-17-,26-24-,27-25-,31-30-,34-33-,37-36-,40-39-,47-44-. The van der Waals surface area contributed by atoms with E-state index in [1.807, 2.05) is 0 Å². The van der Waals surface area contributed by atoms with E-state index in [9.17, 15) is 14.4 Å². The smallest absolute Gasteiger partial charge is 0.306 e. The summed E-state index contributed by atoms with van der Waals surface area (Å²) in [5, 5.41) is 0. The zero-order valence-corrected chi connectivity index (χ0v) is 51.8. The fourth-order valence-corrected chi connectivity index (χ4v) is 8.71. The first-order valence-corrected chi connectivity index (χ1v) is 32.8. The highest BCUT2D eigenvalue weighted by Gasteiger charge is 2.19. The van der Waals surface area contributed by atoms with Gasteiger partial charge in [0.05, 0.1) is 0 Å². The average Bonchev–Trinajstić information content (AvgIpc) is 3.46. The second-order valence-corrected chi connectivity index (χ2v) is 21.3. The lowest BCUT2D eigenvalue weighted by Gasteiger charge is -2.18. The van der Waals surface area contributed by atoms with Gasteiger partial charge in [-0.15, -0.1) is 0 Å². The summed E-state index contributed by atoms with van der Waals surface area (Å²) in [4.78, 5) is 38.2. The predicted octanol–water partition coefficient (Wildman–Crippen LogP) is 22.7. The van der Waals surface area contributed by atoms with E-state index in [1.54, 1.807) is 0 Å². The van der Waals surface area contributed by atoms with Gasteiger partial charge >= 0.3 is 17.9 Å². The van der Waals surface area contributed by atoms with Gasteiger partial charge in [0, 0.05) is 19.3 Å². The van der Waals surface area contributed by atoms with Crippen LogP contribution >= 0.6 is 0 Å². The molecule has 1 unspecified atom stereocenters. The number of esters is 3. The number of allylic oxidation sites excluding steroid dienone is 24. The van der Waals surface area contributed by atoms with Crippen LogP contribution in [0.25, 0.3) is 0 Å². The third kappa shape index (κ3) is 64.1. The molecule has 0 aromatic rings. The minimum atomic E-state index is -0.795. The van der Waals surface area contributed by atoms with Gasteiger partial charge in [0.25, 0.3) is 0 Å². The molecule has 6 nitrogen and oxygen atoms in total. The van der Waals surface area contributed by atoms with E-state index in [4.69, 9.17) is 14.2 Å². The molecule has 0 aliphatic rings. The van der Waals surface area contributed by atoms with Crippen molar-refractivity contribution in [2.75, 3.05) is 13.2 Å². The van der Waals surface area contributed by atoms with Crippen molar-refractivity contribution in [3.05, 3.63) is 146 Å². The SMILES string of the molecule is CC/C=C\C/C=C\C/C=C\C/C=C\C/C=C\C/C=C\C/C=C\CCCCCCCCCCCCCC(=O)OCC(COC(=O)CCCCCCC/C=C\CCC)OC(=O)CCCCCCCC/C=C\C/C=C\C/C=C\C/C=C\CC. The summed E-state index contributed by atoms with van der Waals surface area (Å²) in [7, 11) is 0. The molecule has 0 aromatic heterocycles. The highest BCUT2D eigenvalue weighted by molar-refractivity contribution is 5.71. The van der Waals surface area contributed by atoms with Crippen LogP contribution in [0.5, 0.6) is 0 Å². The van der Waals surface area contributed by atoms with Crippen LogP contribution < -0.4 is 0 Å². The molecule has 0 rings (SSSR count). The normalized spacial score (nSPS) is 13.1. The van der Waals surface area contributed by atoms with E-state index < -0.39 is 6.10 Å². The Bertz CT molecular complexity index is 1750. The summed E-state index contributed by atoms with van der Waals surface area (Å²) < 4.78 is 16.9. The van der Waals surface area contributed by atoms with E-state index >= 15 is 0 Å². The third-order valence-electron chi connectivity index (χ3n) is 13.5. The number of hydrogen-bond donors (Lipinski definition) is 0. The molecule has 0 aliphatic heterocycles. The molecular weight excluding hydrogens is 985 g/mol. The first kappa shape index (κ1) is 75.3. The van der Waals surface area contributed by atoms with Crippen molar-refractivity contribution < 1.29 is 28.6 Å². The topological polar surface area (TPSA) is 78.9 Å². The first-order valence-electron chi connectivity index (χ1n) is 32.8. The van der Waals surface area contributed by atoms with Gasteiger partial charge in [0.1, 0.15) is 13.2 Å². The van der Waals surface area contributed by atoms with Crippen LogP contribution in [-0.2, 0) is 28.6 Å². The molecule has 0 spiro atoms. The number of carbonyl (C=O) groups is 3. The summed E-state index contributed by atoms with van der Waals surface area (Å²) in [5.41, 5.74) is 0. The Kier molecular flexibility index (Phi) is 62.9. The van der Waals surface area contributed by atoms with Crippen LogP contribution in [0.2, 0.25) is 0 Å². The Morgan fingerprint density at radius 1 is 0.263 bits per heavy atom. The van der Waals surface area contributed by atoms with Crippen LogP contribution in [0.3, 0.4) is 0 Å². The second-order valence-electron chi connectivity index (χ2n) is 21.3. The molecule has 0 amide bonds. The van der Waals surface area contributed by atoms with Gasteiger partial charge in [-0.25, -0.2) is 0 Å². The molecule has 0 fully saturated rings. The molecule has 0 aromatic carbocycles. The van der Waals surface area contributed by atoms with Gasteiger partial charge in [-0.1, -0.05) is 276 Å². The Morgan fingerprint density at radius 2 is 0.487 bits per heavy atom. The molecule has 0 bridgehead atoms. The van der Waals surface area contributed by atoms with Crippen molar-refractivity contribution in [2.24, 2.45) is 0 Å². The molecule has 1 atom stereocenters. The number of hydrogen-bond acceptors (Lipinski definition) is 6. The lowest BCUT2D eigenvalue weighted by atomic mass is 10.0. The van der Waals surface area contributed by atoms with Crippen LogP contribution in [-0.4, -0.2) is 37.2 Å². The highest BCUT2D eigenvalue weighted by atomic mass is 16.6. The summed E-state index contributed by atoms with van der Waals surface area (Å²) in [6.45, 7) is 6.33.